The summed E-state index contributed by atoms with van der Waals surface area (Å²) in [7, 11) is 0. The number of hydrogen-bond acceptors (Lipinski definition) is 3. The number of amides is 1. The van der Waals surface area contributed by atoms with Crippen molar-refractivity contribution in [3.05, 3.63) is 41.0 Å². The van der Waals surface area contributed by atoms with E-state index in [1.165, 1.54) is 0 Å². The highest BCUT2D eigenvalue weighted by Gasteiger charge is 2.18. The quantitative estimate of drug-likeness (QED) is 0.802. The molecule has 3 N–H and O–H groups in total. The van der Waals surface area contributed by atoms with Crippen LogP contribution in [-0.2, 0) is 0 Å². The average molecular weight is 291 g/mol. The van der Waals surface area contributed by atoms with Crippen molar-refractivity contribution in [2.75, 3.05) is 19.6 Å². The van der Waals surface area contributed by atoms with Crippen molar-refractivity contribution in [3.8, 4) is 11.3 Å². The first-order valence-electron chi connectivity index (χ1n) is 6.52. The van der Waals surface area contributed by atoms with E-state index in [1.807, 2.05) is 12.1 Å². The van der Waals surface area contributed by atoms with E-state index in [2.05, 4.69) is 20.8 Å². The third-order valence-electron chi connectivity index (χ3n) is 3.38. The number of aromatic amines is 1. The summed E-state index contributed by atoms with van der Waals surface area (Å²) >= 11 is 5.85. The van der Waals surface area contributed by atoms with Gasteiger partial charge in [-0.3, -0.25) is 9.89 Å². The van der Waals surface area contributed by atoms with Crippen LogP contribution in [0.2, 0.25) is 5.02 Å². The van der Waals surface area contributed by atoms with E-state index in [0.717, 1.165) is 24.3 Å². The molecule has 1 aliphatic rings. The number of hydrogen-bond donors (Lipinski definition) is 3. The molecule has 0 atom stereocenters. The molecule has 2 aromatic rings. The lowest BCUT2D eigenvalue weighted by Crippen LogP contribution is -2.48. The van der Waals surface area contributed by atoms with Gasteiger partial charge in [-0.15, -0.1) is 0 Å². The van der Waals surface area contributed by atoms with E-state index < -0.39 is 0 Å². The molecular formula is C14H15ClN4O. The fraction of sp³-hybridized carbons (Fsp3) is 0.286. The second kappa shape index (κ2) is 5.64. The molecule has 2 heterocycles. The van der Waals surface area contributed by atoms with Gasteiger partial charge in [0.15, 0.2) is 0 Å². The summed E-state index contributed by atoms with van der Waals surface area (Å²) in [6.45, 7) is 2.64. The second-order valence-corrected chi connectivity index (χ2v) is 5.34. The van der Waals surface area contributed by atoms with E-state index in [1.54, 1.807) is 18.2 Å². The van der Waals surface area contributed by atoms with Crippen LogP contribution in [0.1, 0.15) is 10.5 Å². The van der Waals surface area contributed by atoms with Gasteiger partial charge in [-0.1, -0.05) is 23.7 Å². The van der Waals surface area contributed by atoms with Crippen LogP contribution in [0, 0.1) is 5.92 Å². The largest absolute Gasteiger partial charge is 0.350 e. The highest BCUT2D eigenvalue weighted by molar-refractivity contribution is 6.30. The zero-order valence-electron chi connectivity index (χ0n) is 10.8. The molecule has 0 saturated carbocycles. The maximum Gasteiger partial charge on any atom is 0.269 e. The van der Waals surface area contributed by atoms with Crippen molar-refractivity contribution in [1.29, 1.82) is 0 Å². The Morgan fingerprint density at radius 3 is 2.75 bits per heavy atom. The topological polar surface area (TPSA) is 69.8 Å². The van der Waals surface area contributed by atoms with Crippen molar-refractivity contribution in [2.24, 2.45) is 5.92 Å². The van der Waals surface area contributed by atoms with Crippen LogP contribution in [0.25, 0.3) is 11.3 Å². The third-order valence-corrected chi connectivity index (χ3v) is 3.63. The van der Waals surface area contributed by atoms with Gasteiger partial charge in [0.1, 0.15) is 5.69 Å². The van der Waals surface area contributed by atoms with Crippen molar-refractivity contribution < 1.29 is 4.79 Å². The van der Waals surface area contributed by atoms with Gasteiger partial charge in [0, 0.05) is 36.1 Å². The van der Waals surface area contributed by atoms with Crippen LogP contribution in [0.4, 0.5) is 0 Å². The maximum atomic E-state index is 12.0. The number of H-pyrrole nitrogens is 1. The summed E-state index contributed by atoms with van der Waals surface area (Å²) in [5.41, 5.74) is 2.13. The number of rotatable bonds is 4. The Labute approximate surface area is 121 Å². The fourth-order valence-electron chi connectivity index (χ4n) is 2.03. The summed E-state index contributed by atoms with van der Waals surface area (Å²) < 4.78 is 0. The number of nitrogens with zero attached hydrogens (tertiary/aromatic N) is 1. The van der Waals surface area contributed by atoms with Crippen molar-refractivity contribution in [3.63, 3.8) is 0 Å². The van der Waals surface area contributed by atoms with Crippen molar-refractivity contribution >= 4 is 17.5 Å². The minimum atomic E-state index is -0.121. The van der Waals surface area contributed by atoms with Gasteiger partial charge >= 0.3 is 0 Å². The zero-order valence-corrected chi connectivity index (χ0v) is 11.6. The second-order valence-electron chi connectivity index (χ2n) is 4.91. The van der Waals surface area contributed by atoms with Gasteiger partial charge < -0.3 is 10.6 Å². The van der Waals surface area contributed by atoms with Crippen LogP contribution in [-0.4, -0.2) is 35.7 Å². The summed E-state index contributed by atoms with van der Waals surface area (Å²) in [6, 6.07) is 9.10. The van der Waals surface area contributed by atoms with Crippen LogP contribution in [0.15, 0.2) is 30.3 Å². The molecule has 1 amide bonds. The first kappa shape index (κ1) is 13.1. The summed E-state index contributed by atoms with van der Waals surface area (Å²) in [4.78, 5) is 12.0. The first-order chi connectivity index (χ1) is 9.72. The lowest BCUT2D eigenvalue weighted by molar-refractivity contribution is 0.0937. The Hall–Kier alpha value is -1.85. The molecule has 0 unspecified atom stereocenters. The van der Waals surface area contributed by atoms with Gasteiger partial charge in [0.25, 0.3) is 5.91 Å². The van der Waals surface area contributed by atoms with Crippen molar-refractivity contribution in [1.82, 2.24) is 20.8 Å². The molecule has 1 aromatic carbocycles. The zero-order chi connectivity index (χ0) is 13.9. The number of carbonyl (C=O) groups excluding carboxylic acids is 1. The van der Waals surface area contributed by atoms with Crippen molar-refractivity contribution in [2.45, 2.75) is 0 Å². The minimum absolute atomic E-state index is 0.121. The molecule has 6 heteroatoms. The predicted molar refractivity (Wildman–Crippen MR) is 77.7 cm³/mol. The number of aromatic nitrogens is 2. The maximum absolute atomic E-state index is 12.0. The van der Waals surface area contributed by atoms with Gasteiger partial charge in [0.05, 0.1) is 5.69 Å². The average Bonchev–Trinajstić information content (AvgIpc) is 2.87. The first-order valence-corrected chi connectivity index (χ1v) is 6.90. The standard InChI is InChI=1S/C14H15ClN4O/c15-11-3-1-10(2-4-11)12-5-13(19-18-12)14(20)17-8-9-6-16-7-9/h1-5,9,16H,6-8H2,(H,17,20)(H,18,19). The molecule has 1 saturated heterocycles. The SMILES string of the molecule is O=C(NCC1CNC1)c1cc(-c2ccc(Cl)cc2)n[nH]1. The summed E-state index contributed by atoms with van der Waals surface area (Å²) in [5, 5.41) is 13.7. The van der Waals surface area contributed by atoms with Gasteiger partial charge in [-0.05, 0) is 18.2 Å². The minimum Gasteiger partial charge on any atom is -0.350 e. The number of halogens is 1. The van der Waals surface area contributed by atoms with Gasteiger partial charge in [-0.25, -0.2) is 0 Å². The highest BCUT2D eigenvalue weighted by Crippen LogP contribution is 2.20. The molecule has 1 aliphatic heterocycles. The van der Waals surface area contributed by atoms with Gasteiger partial charge in [0.2, 0.25) is 0 Å². The van der Waals surface area contributed by atoms with E-state index in [-0.39, 0.29) is 5.91 Å². The number of nitrogens with one attached hydrogen (secondary N) is 3. The third kappa shape index (κ3) is 2.84. The van der Waals surface area contributed by atoms with Crippen LogP contribution < -0.4 is 10.6 Å². The monoisotopic (exact) mass is 290 g/mol. The molecule has 3 rings (SSSR count). The van der Waals surface area contributed by atoms with E-state index >= 15 is 0 Å². The number of carbonyl (C=O) groups is 1. The molecule has 0 aliphatic carbocycles. The lowest BCUT2D eigenvalue weighted by Gasteiger charge is -2.26. The summed E-state index contributed by atoms with van der Waals surface area (Å²) in [6.07, 6.45) is 0. The van der Waals surface area contributed by atoms with E-state index in [0.29, 0.717) is 23.2 Å². The molecule has 1 fully saturated rings. The predicted octanol–water partition coefficient (Wildman–Crippen LogP) is 1.68. The van der Waals surface area contributed by atoms with Gasteiger partial charge in [-0.2, -0.15) is 5.10 Å². The molecule has 0 radical (unpaired) electrons. The van der Waals surface area contributed by atoms with E-state index in [4.69, 9.17) is 11.6 Å². The summed E-state index contributed by atoms with van der Waals surface area (Å²) in [5.74, 6) is 0.419. The molecule has 20 heavy (non-hydrogen) atoms. The highest BCUT2D eigenvalue weighted by atomic mass is 35.5. The smallest absolute Gasteiger partial charge is 0.269 e. The lowest BCUT2D eigenvalue weighted by atomic mass is 10.0. The van der Waals surface area contributed by atoms with Crippen LogP contribution >= 0.6 is 11.6 Å². The molecule has 104 valence electrons. The molecule has 1 aromatic heterocycles. The molecule has 5 nitrogen and oxygen atoms in total. The van der Waals surface area contributed by atoms with Crippen LogP contribution in [0.5, 0.6) is 0 Å². The Balaban J connectivity index is 1.66. The Kier molecular flexibility index (Phi) is 3.71. The Morgan fingerprint density at radius 2 is 2.10 bits per heavy atom. The number of benzene rings is 1. The Morgan fingerprint density at radius 1 is 1.35 bits per heavy atom. The Bertz CT molecular complexity index is 604. The molecular weight excluding hydrogens is 276 g/mol. The van der Waals surface area contributed by atoms with Crippen LogP contribution in [0.3, 0.4) is 0 Å². The molecule has 0 bridgehead atoms. The van der Waals surface area contributed by atoms with E-state index in [9.17, 15) is 4.79 Å². The fourth-order valence-corrected chi connectivity index (χ4v) is 2.16. The molecule has 0 spiro atoms. The normalized spacial score (nSPS) is 14.8.